The number of carbonyl (C=O) groups is 1. The molecule has 2 atom stereocenters. The zero-order chi connectivity index (χ0) is 18.7. The average Bonchev–Trinajstić information content (AvgIpc) is 2.95. The highest BCUT2D eigenvalue weighted by atomic mass is 32.2. The Hall–Kier alpha value is -2.08. The average molecular weight is 370 g/mol. The van der Waals surface area contributed by atoms with E-state index in [1.54, 1.807) is 18.7 Å². The van der Waals surface area contributed by atoms with Crippen LogP contribution in [0, 0.1) is 6.57 Å². The Morgan fingerprint density at radius 1 is 1.52 bits per heavy atom. The van der Waals surface area contributed by atoms with Crippen molar-refractivity contribution in [1.82, 2.24) is 0 Å². The van der Waals surface area contributed by atoms with Crippen molar-refractivity contribution >= 4 is 29.0 Å². The van der Waals surface area contributed by atoms with Crippen LogP contribution in [0.15, 0.2) is 28.4 Å². The minimum absolute atomic E-state index is 0.0197. The summed E-state index contributed by atoms with van der Waals surface area (Å²) in [5.74, 6) is 0.389. The molecule has 0 fully saturated rings. The summed E-state index contributed by atoms with van der Waals surface area (Å²) in [4.78, 5) is 15.3. The Morgan fingerprint density at radius 3 is 2.84 bits per heavy atom. The molecular weight excluding hydrogens is 353 g/mol. The molecule has 2 rings (SSSR count). The predicted molar refractivity (Wildman–Crippen MR) is 91.0 cm³/mol. The van der Waals surface area contributed by atoms with Gasteiger partial charge >= 0.3 is 6.18 Å². The monoisotopic (exact) mass is 370 g/mol. The maximum atomic E-state index is 13.0. The van der Waals surface area contributed by atoms with Gasteiger partial charge in [-0.2, -0.15) is 35.2 Å². The van der Waals surface area contributed by atoms with E-state index in [1.807, 2.05) is 6.26 Å². The van der Waals surface area contributed by atoms with Gasteiger partial charge in [0.25, 0.3) is 5.91 Å². The van der Waals surface area contributed by atoms with Crippen LogP contribution in [0.4, 0.5) is 24.5 Å². The molecule has 0 aliphatic carbocycles. The first-order chi connectivity index (χ1) is 11.7. The third kappa shape index (κ3) is 4.51. The van der Waals surface area contributed by atoms with Crippen LogP contribution in [-0.4, -0.2) is 29.5 Å². The van der Waals surface area contributed by atoms with Crippen molar-refractivity contribution in [3.05, 3.63) is 35.2 Å². The standard InChI is InChI=1S/C16H17F3N4OS/c1-15(9-11(22-23-15)6-7-25-3)14(24)21-10-4-5-13(20-2)12(8-10)16(17,18)19/h4-5,8,11H,6-7,9H2,1,3H3,(H,21,24). The van der Waals surface area contributed by atoms with E-state index >= 15 is 0 Å². The zero-order valence-electron chi connectivity index (χ0n) is 13.7. The molecule has 2 unspecified atom stereocenters. The second kappa shape index (κ2) is 7.44. The van der Waals surface area contributed by atoms with Gasteiger partial charge in [0, 0.05) is 12.1 Å². The molecule has 1 aliphatic rings. The lowest BCUT2D eigenvalue weighted by atomic mass is 9.93. The van der Waals surface area contributed by atoms with Gasteiger partial charge in [-0.15, -0.1) is 0 Å². The topological polar surface area (TPSA) is 58.2 Å². The van der Waals surface area contributed by atoms with Crippen molar-refractivity contribution < 1.29 is 18.0 Å². The largest absolute Gasteiger partial charge is 0.407 e. The molecule has 1 heterocycles. The molecule has 5 nitrogen and oxygen atoms in total. The first-order valence-corrected chi connectivity index (χ1v) is 8.90. The molecule has 1 N–H and O–H groups in total. The van der Waals surface area contributed by atoms with Crippen molar-refractivity contribution in [3.63, 3.8) is 0 Å². The van der Waals surface area contributed by atoms with Crippen molar-refractivity contribution in [2.75, 3.05) is 17.3 Å². The van der Waals surface area contributed by atoms with Gasteiger partial charge < -0.3 is 5.32 Å². The number of amides is 1. The van der Waals surface area contributed by atoms with E-state index < -0.39 is 28.9 Å². The smallest absolute Gasteiger partial charge is 0.324 e. The van der Waals surface area contributed by atoms with Gasteiger partial charge in [0.05, 0.1) is 18.2 Å². The normalized spacial score (nSPS) is 22.6. The highest BCUT2D eigenvalue weighted by Crippen LogP contribution is 2.38. The first-order valence-electron chi connectivity index (χ1n) is 7.51. The number of alkyl halides is 3. The molecule has 0 bridgehead atoms. The molecule has 9 heteroatoms. The number of hydrogen-bond donors (Lipinski definition) is 1. The van der Waals surface area contributed by atoms with Crippen molar-refractivity contribution in [1.29, 1.82) is 0 Å². The molecule has 1 amide bonds. The lowest BCUT2D eigenvalue weighted by molar-refractivity contribution is -0.136. The van der Waals surface area contributed by atoms with Crippen LogP contribution >= 0.6 is 11.8 Å². The predicted octanol–water partition coefficient (Wildman–Crippen LogP) is 4.93. The highest BCUT2D eigenvalue weighted by Gasteiger charge is 2.40. The summed E-state index contributed by atoms with van der Waals surface area (Å²) < 4.78 is 39.0. The van der Waals surface area contributed by atoms with E-state index in [2.05, 4.69) is 20.4 Å². The summed E-state index contributed by atoms with van der Waals surface area (Å²) in [6.45, 7) is 8.44. The van der Waals surface area contributed by atoms with E-state index in [9.17, 15) is 18.0 Å². The fourth-order valence-corrected chi connectivity index (χ4v) is 3.01. The Morgan fingerprint density at radius 2 is 2.24 bits per heavy atom. The third-order valence-electron chi connectivity index (χ3n) is 3.90. The van der Waals surface area contributed by atoms with E-state index in [-0.39, 0.29) is 11.7 Å². The maximum absolute atomic E-state index is 13.0. The third-order valence-corrected chi connectivity index (χ3v) is 4.54. The van der Waals surface area contributed by atoms with Crippen LogP contribution in [0.5, 0.6) is 0 Å². The molecule has 0 radical (unpaired) electrons. The molecule has 0 saturated heterocycles. The lowest BCUT2D eigenvalue weighted by Gasteiger charge is -2.20. The molecule has 134 valence electrons. The molecule has 25 heavy (non-hydrogen) atoms. The number of benzene rings is 1. The zero-order valence-corrected chi connectivity index (χ0v) is 14.5. The number of hydrogen-bond acceptors (Lipinski definition) is 4. The number of thioether (sulfide) groups is 1. The lowest BCUT2D eigenvalue weighted by Crippen LogP contribution is -2.38. The van der Waals surface area contributed by atoms with Crippen LogP contribution in [0.25, 0.3) is 4.85 Å². The SMILES string of the molecule is [C-]#[N+]c1ccc(NC(=O)C2(C)CC(CCSC)N=N2)cc1C(F)(F)F. The van der Waals surface area contributed by atoms with Gasteiger partial charge in [-0.3, -0.25) is 4.79 Å². The van der Waals surface area contributed by atoms with Crippen LogP contribution in [0.2, 0.25) is 0 Å². The second-order valence-corrected chi connectivity index (χ2v) is 6.91. The number of carbonyl (C=O) groups excluding carboxylic acids is 1. The summed E-state index contributed by atoms with van der Waals surface area (Å²) in [7, 11) is 0. The second-order valence-electron chi connectivity index (χ2n) is 5.92. The Labute approximate surface area is 147 Å². The Bertz CT molecular complexity index is 729. The maximum Gasteiger partial charge on any atom is 0.407 e. The number of nitrogens with one attached hydrogen (secondary N) is 1. The van der Waals surface area contributed by atoms with E-state index in [1.165, 1.54) is 6.07 Å². The van der Waals surface area contributed by atoms with Gasteiger partial charge in [0.2, 0.25) is 0 Å². The van der Waals surface area contributed by atoms with Gasteiger partial charge in [-0.1, -0.05) is 6.07 Å². The first kappa shape index (κ1) is 19.2. The van der Waals surface area contributed by atoms with Crippen LogP contribution < -0.4 is 5.32 Å². The number of halogens is 3. The molecular formula is C16H17F3N4OS. The molecule has 1 aliphatic heterocycles. The summed E-state index contributed by atoms with van der Waals surface area (Å²) in [5.41, 5.74) is -2.70. The van der Waals surface area contributed by atoms with Gasteiger partial charge in [-0.25, -0.2) is 4.85 Å². The Kier molecular flexibility index (Phi) is 5.72. The van der Waals surface area contributed by atoms with Crippen LogP contribution in [-0.2, 0) is 11.0 Å². The number of azo groups is 1. The number of nitrogens with zero attached hydrogens (tertiary/aromatic N) is 3. The van der Waals surface area contributed by atoms with Crippen molar-refractivity contribution in [2.24, 2.45) is 10.2 Å². The quantitative estimate of drug-likeness (QED) is 0.747. The fraction of sp³-hybridized carbons (Fsp3) is 0.500. The Balaban J connectivity index is 2.14. The minimum atomic E-state index is -4.67. The number of anilines is 1. The van der Waals surface area contributed by atoms with E-state index in [0.29, 0.717) is 6.42 Å². The van der Waals surface area contributed by atoms with Gasteiger partial charge in [-0.05, 0) is 37.5 Å². The number of rotatable bonds is 5. The van der Waals surface area contributed by atoms with Gasteiger partial charge in [0.1, 0.15) is 0 Å². The summed E-state index contributed by atoms with van der Waals surface area (Å²) in [6, 6.07) is 3.04. The van der Waals surface area contributed by atoms with Crippen LogP contribution in [0.3, 0.4) is 0 Å². The highest BCUT2D eigenvalue weighted by molar-refractivity contribution is 7.98. The van der Waals surface area contributed by atoms with E-state index in [0.717, 1.165) is 24.3 Å². The minimum Gasteiger partial charge on any atom is -0.324 e. The molecule has 1 aromatic carbocycles. The summed E-state index contributed by atoms with van der Waals surface area (Å²) >= 11 is 1.67. The van der Waals surface area contributed by atoms with Crippen molar-refractivity contribution in [3.8, 4) is 0 Å². The summed E-state index contributed by atoms with van der Waals surface area (Å²) in [5, 5.41) is 10.6. The van der Waals surface area contributed by atoms with Crippen LogP contribution in [0.1, 0.15) is 25.3 Å². The van der Waals surface area contributed by atoms with Crippen molar-refractivity contribution in [2.45, 2.75) is 37.5 Å². The molecule has 1 aromatic rings. The molecule has 0 spiro atoms. The summed E-state index contributed by atoms with van der Waals surface area (Å²) in [6.07, 6.45) is -1.47. The molecule has 0 aromatic heterocycles. The van der Waals surface area contributed by atoms with E-state index in [4.69, 9.17) is 6.57 Å². The van der Waals surface area contributed by atoms with Gasteiger partial charge in [0.15, 0.2) is 11.2 Å². The fourth-order valence-electron chi connectivity index (χ4n) is 2.51. The molecule has 0 saturated carbocycles.